The highest BCUT2D eigenvalue weighted by Crippen LogP contribution is 2.55. The first-order valence-corrected chi connectivity index (χ1v) is 5.10. The Kier molecular flexibility index (Phi) is 2.36. The molecule has 0 unspecified atom stereocenters. The van der Waals surface area contributed by atoms with E-state index >= 15 is 0 Å². The van der Waals surface area contributed by atoms with Crippen molar-refractivity contribution in [1.82, 2.24) is 0 Å². The molecule has 0 aromatic heterocycles. The Morgan fingerprint density at radius 2 is 2.00 bits per heavy atom. The van der Waals surface area contributed by atoms with Crippen molar-refractivity contribution in [3.63, 3.8) is 0 Å². The standard InChI is InChI=1S/C7H10Br2O2/c1-6(5(10)11)3-2-4-7(6,8)9/h2-4H2,1H3,(H,10,11)/t6-/m0/s1. The van der Waals surface area contributed by atoms with Gasteiger partial charge in [0.1, 0.15) is 0 Å². The van der Waals surface area contributed by atoms with E-state index in [1.165, 1.54) is 0 Å². The van der Waals surface area contributed by atoms with E-state index < -0.39 is 14.6 Å². The average molecular weight is 286 g/mol. The lowest BCUT2D eigenvalue weighted by Crippen LogP contribution is -2.38. The van der Waals surface area contributed by atoms with Crippen molar-refractivity contribution in [2.24, 2.45) is 5.41 Å². The Morgan fingerprint density at radius 1 is 1.45 bits per heavy atom. The fraction of sp³-hybridized carbons (Fsp3) is 0.857. The molecule has 0 heterocycles. The van der Waals surface area contributed by atoms with Crippen LogP contribution in [0, 0.1) is 5.41 Å². The van der Waals surface area contributed by atoms with Crippen molar-refractivity contribution in [2.45, 2.75) is 29.4 Å². The third-order valence-electron chi connectivity index (χ3n) is 2.45. The van der Waals surface area contributed by atoms with E-state index in [1.54, 1.807) is 6.92 Å². The molecule has 64 valence electrons. The van der Waals surface area contributed by atoms with Gasteiger partial charge >= 0.3 is 5.97 Å². The van der Waals surface area contributed by atoms with Crippen LogP contribution in [0.1, 0.15) is 26.2 Å². The van der Waals surface area contributed by atoms with Crippen molar-refractivity contribution in [2.75, 3.05) is 0 Å². The molecule has 1 rings (SSSR count). The molecule has 0 bridgehead atoms. The molecule has 0 aromatic rings. The predicted molar refractivity (Wildman–Crippen MR) is 50.2 cm³/mol. The number of hydrogen-bond donors (Lipinski definition) is 1. The van der Waals surface area contributed by atoms with Crippen LogP contribution in [0.2, 0.25) is 0 Å². The molecule has 11 heavy (non-hydrogen) atoms. The Balaban J connectivity index is 2.93. The summed E-state index contributed by atoms with van der Waals surface area (Å²) in [7, 11) is 0. The third-order valence-corrected chi connectivity index (χ3v) is 4.99. The van der Waals surface area contributed by atoms with Crippen LogP contribution in [0.25, 0.3) is 0 Å². The molecule has 1 saturated carbocycles. The van der Waals surface area contributed by atoms with E-state index in [2.05, 4.69) is 31.9 Å². The van der Waals surface area contributed by atoms with Gasteiger partial charge in [-0.1, -0.05) is 31.9 Å². The predicted octanol–water partition coefficient (Wildman–Crippen LogP) is 2.75. The summed E-state index contributed by atoms with van der Waals surface area (Å²) in [6, 6.07) is 0. The minimum absolute atomic E-state index is 0.404. The monoisotopic (exact) mass is 284 g/mol. The summed E-state index contributed by atoms with van der Waals surface area (Å²) in [6.07, 6.45) is 2.56. The van der Waals surface area contributed by atoms with Gasteiger partial charge in [0, 0.05) is 0 Å². The first kappa shape index (κ1) is 9.52. The zero-order chi connectivity index (χ0) is 8.70. The Hall–Kier alpha value is 0.430. The van der Waals surface area contributed by atoms with Crippen LogP contribution in [-0.4, -0.2) is 14.3 Å². The van der Waals surface area contributed by atoms with Gasteiger partial charge in [0.05, 0.1) is 8.65 Å². The van der Waals surface area contributed by atoms with E-state index in [0.29, 0.717) is 0 Å². The number of halogens is 2. The maximum atomic E-state index is 10.9. The zero-order valence-electron chi connectivity index (χ0n) is 6.23. The highest BCUT2D eigenvalue weighted by atomic mass is 79.9. The SMILES string of the molecule is C[C@@]1(C(=O)O)CCCC1(Br)Br. The van der Waals surface area contributed by atoms with Crippen LogP contribution in [0.5, 0.6) is 0 Å². The van der Waals surface area contributed by atoms with Gasteiger partial charge in [-0.2, -0.15) is 0 Å². The lowest BCUT2D eigenvalue weighted by molar-refractivity contribution is -0.147. The highest BCUT2D eigenvalue weighted by Gasteiger charge is 2.53. The molecule has 0 aromatic carbocycles. The lowest BCUT2D eigenvalue weighted by Gasteiger charge is -2.30. The fourth-order valence-corrected chi connectivity index (χ4v) is 2.68. The van der Waals surface area contributed by atoms with Crippen LogP contribution in [0.15, 0.2) is 0 Å². The number of rotatable bonds is 1. The van der Waals surface area contributed by atoms with E-state index in [9.17, 15) is 4.79 Å². The average Bonchev–Trinajstić information content (AvgIpc) is 2.09. The molecule has 1 aliphatic carbocycles. The molecular formula is C7H10Br2O2. The number of carbonyl (C=O) groups is 1. The minimum atomic E-state index is -0.733. The van der Waals surface area contributed by atoms with Crippen LogP contribution in [0.4, 0.5) is 0 Å². The summed E-state index contributed by atoms with van der Waals surface area (Å²) in [4.78, 5) is 10.9. The van der Waals surface area contributed by atoms with Crippen molar-refractivity contribution in [3.8, 4) is 0 Å². The van der Waals surface area contributed by atoms with E-state index in [-0.39, 0.29) is 0 Å². The number of carboxylic acids is 1. The molecule has 0 saturated heterocycles. The summed E-state index contributed by atoms with van der Waals surface area (Å²) in [5.41, 5.74) is -0.660. The molecule has 0 aliphatic heterocycles. The zero-order valence-corrected chi connectivity index (χ0v) is 9.40. The molecular weight excluding hydrogens is 276 g/mol. The quantitative estimate of drug-likeness (QED) is 0.752. The summed E-state index contributed by atoms with van der Waals surface area (Å²) < 4.78 is -0.404. The molecule has 1 fully saturated rings. The van der Waals surface area contributed by atoms with Crippen molar-refractivity contribution >= 4 is 37.8 Å². The molecule has 1 aliphatic rings. The van der Waals surface area contributed by atoms with Gasteiger partial charge in [-0.25, -0.2) is 0 Å². The number of hydrogen-bond acceptors (Lipinski definition) is 1. The first-order valence-electron chi connectivity index (χ1n) is 3.51. The van der Waals surface area contributed by atoms with Crippen LogP contribution < -0.4 is 0 Å². The van der Waals surface area contributed by atoms with Gasteiger partial charge in [0.15, 0.2) is 0 Å². The van der Waals surface area contributed by atoms with Crippen molar-refractivity contribution in [1.29, 1.82) is 0 Å². The molecule has 1 atom stereocenters. The minimum Gasteiger partial charge on any atom is -0.481 e. The second-order valence-corrected chi connectivity index (χ2v) is 6.97. The van der Waals surface area contributed by atoms with Crippen LogP contribution in [-0.2, 0) is 4.79 Å². The molecule has 0 spiro atoms. The van der Waals surface area contributed by atoms with E-state index in [4.69, 9.17) is 5.11 Å². The van der Waals surface area contributed by atoms with Gasteiger partial charge in [0.2, 0.25) is 0 Å². The molecule has 4 heteroatoms. The van der Waals surface area contributed by atoms with Crippen molar-refractivity contribution in [3.05, 3.63) is 0 Å². The fourth-order valence-electron chi connectivity index (χ4n) is 1.39. The normalized spacial score (nSPS) is 35.5. The lowest BCUT2D eigenvalue weighted by atomic mass is 9.89. The summed E-state index contributed by atoms with van der Waals surface area (Å²) in [5.74, 6) is -0.733. The smallest absolute Gasteiger partial charge is 0.311 e. The maximum absolute atomic E-state index is 10.9. The highest BCUT2D eigenvalue weighted by molar-refractivity contribution is 9.25. The second-order valence-electron chi connectivity index (χ2n) is 3.20. The summed E-state index contributed by atoms with van der Waals surface area (Å²) in [6.45, 7) is 1.77. The molecule has 0 amide bonds. The van der Waals surface area contributed by atoms with E-state index in [0.717, 1.165) is 19.3 Å². The Labute approximate surface area is 82.6 Å². The van der Waals surface area contributed by atoms with Gasteiger partial charge in [-0.3, -0.25) is 4.79 Å². The van der Waals surface area contributed by atoms with Gasteiger partial charge in [-0.15, -0.1) is 0 Å². The topological polar surface area (TPSA) is 37.3 Å². The first-order chi connectivity index (χ1) is 4.90. The number of alkyl halides is 2. The Bertz CT molecular complexity index is 191. The van der Waals surface area contributed by atoms with E-state index in [1.807, 2.05) is 0 Å². The number of carboxylic acid groups (broad SMARTS) is 1. The third kappa shape index (κ3) is 1.35. The van der Waals surface area contributed by atoms with Crippen molar-refractivity contribution < 1.29 is 9.90 Å². The Morgan fingerprint density at radius 3 is 2.18 bits per heavy atom. The van der Waals surface area contributed by atoms with Gasteiger partial charge < -0.3 is 5.11 Å². The molecule has 1 N–H and O–H groups in total. The van der Waals surface area contributed by atoms with Crippen LogP contribution in [0.3, 0.4) is 0 Å². The van der Waals surface area contributed by atoms with Gasteiger partial charge in [-0.05, 0) is 26.2 Å². The number of aliphatic carboxylic acids is 1. The largest absolute Gasteiger partial charge is 0.481 e. The van der Waals surface area contributed by atoms with Gasteiger partial charge in [0.25, 0.3) is 0 Å². The summed E-state index contributed by atoms with van der Waals surface area (Å²) in [5, 5.41) is 8.95. The second kappa shape index (κ2) is 2.73. The molecule has 2 nitrogen and oxygen atoms in total. The maximum Gasteiger partial charge on any atom is 0.311 e. The summed E-state index contributed by atoms with van der Waals surface area (Å²) >= 11 is 6.80. The molecule has 0 radical (unpaired) electrons. The van der Waals surface area contributed by atoms with Crippen LogP contribution >= 0.6 is 31.9 Å².